The molecule has 2 heterocycles. The van der Waals surface area contributed by atoms with Crippen molar-refractivity contribution in [1.29, 1.82) is 0 Å². The van der Waals surface area contributed by atoms with E-state index in [0.717, 1.165) is 11.1 Å². The Morgan fingerprint density at radius 1 is 1.32 bits per heavy atom. The van der Waals surface area contributed by atoms with Crippen molar-refractivity contribution in [3.05, 3.63) is 59.7 Å². The van der Waals surface area contributed by atoms with E-state index in [1.165, 1.54) is 0 Å². The molecule has 0 aliphatic heterocycles. The van der Waals surface area contributed by atoms with Crippen molar-refractivity contribution in [3.8, 4) is 0 Å². The van der Waals surface area contributed by atoms with Gasteiger partial charge >= 0.3 is 0 Å². The zero-order chi connectivity index (χ0) is 15.5. The van der Waals surface area contributed by atoms with Gasteiger partial charge in [0.15, 0.2) is 11.5 Å². The molecule has 0 radical (unpaired) electrons. The van der Waals surface area contributed by atoms with Gasteiger partial charge in [0.1, 0.15) is 5.52 Å². The van der Waals surface area contributed by atoms with Gasteiger partial charge < -0.3 is 9.73 Å². The predicted molar refractivity (Wildman–Crippen MR) is 83.5 cm³/mol. The van der Waals surface area contributed by atoms with Crippen molar-refractivity contribution < 1.29 is 9.21 Å². The average molecular weight is 295 g/mol. The normalized spacial score (nSPS) is 11.0. The Morgan fingerprint density at radius 3 is 2.91 bits per heavy atom. The Hall–Kier alpha value is -2.69. The topological polar surface area (TPSA) is 68.0 Å². The lowest BCUT2D eigenvalue weighted by molar-refractivity contribution is 0.0951. The maximum Gasteiger partial charge on any atom is 0.251 e. The zero-order valence-corrected chi connectivity index (χ0v) is 12.5. The SMILES string of the molecule is CC(C)c1nc2ccc(C(=O)NCc3cccnc3)cc2o1. The third kappa shape index (κ3) is 2.98. The first kappa shape index (κ1) is 14.3. The number of amides is 1. The molecule has 0 spiro atoms. The molecule has 5 heteroatoms. The fourth-order valence-electron chi connectivity index (χ4n) is 2.12. The van der Waals surface area contributed by atoms with Crippen LogP contribution in [-0.4, -0.2) is 15.9 Å². The maximum atomic E-state index is 12.2. The van der Waals surface area contributed by atoms with Crippen LogP contribution in [0, 0.1) is 0 Å². The Labute approximate surface area is 128 Å². The number of hydrogen-bond acceptors (Lipinski definition) is 4. The van der Waals surface area contributed by atoms with Crippen molar-refractivity contribution >= 4 is 17.0 Å². The van der Waals surface area contributed by atoms with Gasteiger partial charge in [0.05, 0.1) is 0 Å². The molecule has 3 rings (SSSR count). The highest BCUT2D eigenvalue weighted by atomic mass is 16.3. The predicted octanol–water partition coefficient (Wildman–Crippen LogP) is 3.28. The van der Waals surface area contributed by atoms with Crippen molar-refractivity contribution in [2.45, 2.75) is 26.3 Å². The van der Waals surface area contributed by atoms with Gasteiger partial charge in [-0.2, -0.15) is 0 Å². The Balaban J connectivity index is 1.76. The van der Waals surface area contributed by atoms with Crippen LogP contribution in [0.4, 0.5) is 0 Å². The van der Waals surface area contributed by atoms with Gasteiger partial charge in [-0.15, -0.1) is 0 Å². The summed E-state index contributed by atoms with van der Waals surface area (Å²) >= 11 is 0. The van der Waals surface area contributed by atoms with Gasteiger partial charge in [-0.05, 0) is 29.8 Å². The second-order valence-corrected chi connectivity index (χ2v) is 5.43. The van der Waals surface area contributed by atoms with E-state index >= 15 is 0 Å². The van der Waals surface area contributed by atoms with Crippen LogP contribution in [-0.2, 0) is 6.54 Å². The van der Waals surface area contributed by atoms with Crippen LogP contribution in [0.1, 0.15) is 41.6 Å². The van der Waals surface area contributed by atoms with Gasteiger partial charge in [0, 0.05) is 30.4 Å². The van der Waals surface area contributed by atoms with E-state index in [0.29, 0.717) is 23.6 Å². The molecule has 0 unspecified atom stereocenters. The van der Waals surface area contributed by atoms with Crippen LogP contribution < -0.4 is 5.32 Å². The van der Waals surface area contributed by atoms with E-state index < -0.39 is 0 Å². The van der Waals surface area contributed by atoms with Gasteiger partial charge in [0.2, 0.25) is 0 Å². The Bertz CT molecular complexity index is 794. The highest BCUT2D eigenvalue weighted by Crippen LogP contribution is 2.22. The van der Waals surface area contributed by atoms with Crippen molar-refractivity contribution in [3.63, 3.8) is 0 Å². The standard InChI is InChI=1S/C17H17N3O2/c1-11(2)17-20-14-6-5-13(8-15(14)22-17)16(21)19-10-12-4-3-7-18-9-12/h3-9,11H,10H2,1-2H3,(H,19,21). The Morgan fingerprint density at radius 2 is 2.18 bits per heavy atom. The van der Waals surface area contributed by atoms with E-state index in [9.17, 15) is 4.79 Å². The molecule has 0 saturated heterocycles. The quantitative estimate of drug-likeness (QED) is 0.802. The number of hydrogen-bond donors (Lipinski definition) is 1. The number of aromatic nitrogens is 2. The van der Waals surface area contributed by atoms with E-state index in [1.807, 2.05) is 32.0 Å². The summed E-state index contributed by atoms with van der Waals surface area (Å²) in [6, 6.07) is 9.06. The maximum absolute atomic E-state index is 12.2. The number of carbonyl (C=O) groups excluding carboxylic acids is 1. The van der Waals surface area contributed by atoms with Gasteiger partial charge in [-0.25, -0.2) is 4.98 Å². The summed E-state index contributed by atoms with van der Waals surface area (Å²) in [5.74, 6) is 0.756. The first-order chi connectivity index (χ1) is 10.6. The zero-order valence-electron chi connectivity index (χ0n) is 12.5. The lowest BCUT2D eigenvalue weighted by atomic mass is 10.2. The average Bonchev–Trinajstić information content (AvgIpc) is 2.97. The molecular weight excluding hydrogens is 278 g/mol. The fraction of sp³-hybridized carbons (Fsp3) is 0.235. The van der Waals surface area contributed by atoms with E-state index in [1.54, 1.807) is 24.5 Å². The molecule has 0 aliphatic carbocycles. The minimum absolute atomic E-state index is 0.145. The molecule has 0 bridgehead atoms. The van der Waals surface area contributed by atoms with Crippen LogP contribution >= 0.6 is 0 Å². The lowest BCUT2D eigenvalue weighted by Crippen LogP contribution is -2.22. The summed E-state index contributed by atoms with van der Waals surface area (Å²) < 4.78 is 5.68. The van der Waals surface area contributed by atoms with Crippen molar-refractivity contribution in [2.75, 3.05) is 0 Å². The molecule has 1 N–H and O–H groups in total. The molecule has 0 fully saturated rings. The van der Waals surface area contributed by atoms with Gasteiger partial charge in [0.25, 0.3) is 5.91 Å². The number of rotatable bonds is 4. The number of pyridine rings is 1. The lowest BCUT2D eigenvalue weighted by Gasteiger charge is -2.04. The highest BCUT2D eigenvalue weighted by molar-refractivity contribution is 5.96. The van der Waals surface area contributed by atoms with Crippen molar-refractivity contribution in [1.82, 2.24) is 15.3 Å². The molecule has 0 aliphatic rings. The number of oxazole rings is 1. The molecule has 112 valence electrons. The van der Waals surface area contributed by atoms with Crippen LogP contribution in [0.2, 0.25) is 0 Å². The number of fused-ring (bicyclic) bond motifs is 1. The minimum Gasteiger partial charge on any atom is -0.440 e. The third-order valence-electron chi connectivity index (χ3n) is 3.34. The molecule has 0 atom stereocenters. The first-order valence-corrected chi connectivity index (χ1v) is 7.21. The molecule has 1 amide bonds. The number of nitrogens with one attached hydrogen (secondary N) is 1. The molecular formula is C17H17N3O2. The number of benzene rings is 1. The smallest absolute Gasteiger partial charge is 0.251 e. The molecule has 1 aromatic carbocycles. The molecule has 2 aromatic heterocycles. The van der Waals surface area contributed by atoms with E-state index in [-0.39, 0.29) is 11.8 Å². The van der Waals surface area contributed by atoms with E-state index in [2.05, 4.69) is 15.3 Å². The van der Waals surface area contributed by atoms with Crippen LogP contribution in [0.15, 0.2) is 47.1 Å². The largest absolute Gasteiger partial charge is 0.440 e. The number of carbonyl (C=O) groups is 1. The molecule has 3 aromatic rings. The molecule has 22 heavy (non-hydrogen) atoms. The molecule has 5 nitrogen and oxygen atoms in total. The van der Waals surface area contributed by atoms with Crippen LogP contribution in [0.3, 0.4) is 0 Å². The fourth-order valence-corrected chi connectivity index (χ4v) is 2.12. The van der Waals surface area contributed by atoms with Crippen LogP contribution in [0.5, 0.6) is 0 Å². The van der Waals surface area contributed by atoms with Gasteiger partial charge in [-0.3, -0.25) is 9.78 Å². The first-order valence-electron chi connectivity index (χ1n) is 7.21. The van der Waals surface area contributed by atoms with Crippen molar-refractivity contribution in [2.24, 2.45) is 0 Å². The third-order valence-corrected chi connectivity index (χ3v) is 3.34. The summed E-state index contributed by atoms with van der Waals surface area (Å²) in [6.45, 7) is 4.48. The van der Waals surface area contributed by atoms with Crippen LogP contribution in [0.25, 0.3) is 11.1 Å². The Kier molecular flexibility index (Phi) is 3.87. The second-order valence-electron chi connectivity index (χ2n) is 5.43. The summed E-state index contributed by atoms with van der Waals surface area (Å²) in [5.41, 5.74) is 2.92. The minimum atomic E-state index is -0.145. The van der Waals surface area contributed by atoms with E-state index in [4.69, 9.17) is 4.42 Å². The summed E-state index contributed by atoms with van der Waals surface area (Å²) in [4.78, 5) is 20.6. The summed E-state index contributed by atoms with van der Waals surface area (Å²) in [6.07, 6.45) is 3.43. The van der Waals surface area contributed by atoms with Gasteiger partial charge in [-0.1, -0.05) is 19.9 Å². The molecule has 0 saturated carbocycles. The highest BCUT2D eigenvalue weighted by Gasteiger charge is 2.12. The summed E-state index contributed by atoms with van der Waals surface area (Å²) in [7, 11) is 0. The summed E-state index contributed by atoms with van der Waals surface area (Å²) in [5, 5.41) is 2.87. The second kappa shape index (κ2) is 5.97. The number of nitrogens with zero attached hydrogens (tertiary/aromatic N) is 2. The monoisotopic (exact) mass is 295 g/mol.